The molecule has 0 bridgehead atoms. The second-order valence-corrected chi connectivity index (χ2v) is 12.4. The Kier molecular flexibility index (Phi) is 6.89. The van der Waals surface area contributed by atoms with Crippen LogP contribution < -0.4 is 0 Å². The van der Waals surface area contributed by atoms with Gasteiger partial charge in [0.2, 0.25) is 0 Å². The quantitative estimate of drug-likeness (QED) is 0.484. The number of hydrogen-bond donors (Lipinski definition) is 1. The third kappa shape index (κ3) is 5.42. The first kappa shape index (κ1) is 23.5. The molecule has 0 aliphatic heterocycles. The molecule has 0 radical (unpaired) electrons. The van der Waals surface area contributed by atoms with Gasteiger partial charge in [0.25, 0.3) is 0 Å². The molecular formula is C24H35NO3S. The average Bonchev–Trinajstić information content (AvgIpc) is 2.88. The largest absolute Gasteiger partial charge is 0.507 e. The van der Waals surface area contributed by atoms with E-state index in [1.807, 2.05) is 59.7 Å². The average molecular weight is 418 g/mol. The maximum atomic E-state index is 13.2. The van der Waals surface area contributed by atoms with E-state index in [0.29, 0.717) is 18.4 Å². The molecule has 160 valence electrons. The molecule has 29 heavy (non-hydrogen) atoms. The monoisotopic (exact) mass is 417 g/mol. The number of nitriles is 1. The number of phenols is 1. The summed E-state index contributed by atoms with van der Waals surface area (Å²) in [6.45, 7) is 12.1. The fourth-order valence-corrected chi connectivity index (χ4v) is 5.69. The second kappa shape index (κ2) is 8.52. The summed E-state index contributed by atoms with van der Waals surface area (Å²) < 4.78 is 26.3. The Morgan fingerprint density at radius 1 is 1.00 bits per heavy atom. The molecule has 5 heteroatoms. The summed E-state index contributed by atoms with van der Waals surface area (Å²) in [7, 11) is -3.66. The van der Waals surface area contributed by atoms with Crippen LogP contribution in [0.3, 0.4) is 0 Å². The molecule has 1 aromatic rings. The lowest BCUT2D eigenvalue weighted by Gasteiger charge is -2.28. The Balaban J connectivity index is 2.62. The second-order valence-electron chi connectivity index (χ2n) is 10.2. The van der Waals surface area contributed by atoms with Gasteiger partial charge < -0.3 is 5.11 Å². The Morgan fingerprint density at radius 3 is 1.83 bits per heavy atom. The van der Waals surface area contributed by atoms with E-state index in [-0.39, 0.29) is 21.5 Å². The SMILES string of the molecule is CC(C)(C)c1cc(/C=C(\C#N)S(=O)(=O)C2CCCCCC2)cc(C(C)(C)C)c1O. The van der Waals surface area contributed by atoms with Crippen LogP contribution in [0.2, 0.25) is 0 Å². The fraction of sp³-hybridized carbons (Fsp3) is 0.625. The number of allylic oxidation sites excluding steroid dienone is 1. The summed E-state index contributed by atoms with van der Waals surface area (Å²) in [6, 6.07) is 5.57. The zero-order valence-electron chi connectivity index (χ0n) is 18.7. The smallest absolute Gasteiger partial charge is 0.191 e. The van der Waals surface area contributed by atoms with Crippen molar-refractivity contribution < 1.29 is 13.5 Å². The van der Waals surface area contributed by atoms with Crippen LogP contribution in [0, 0.1) is 11.3 Å². The zero-order chi connectivity index (χ0) is 22.0. The topological polar surface area (TPSA) is 78.2 Å². The minimum Gasteiger partial charge on any atom is -0.507 e. The molecule has 0 aromatic heterocycles. The highest BCUT2D eigenvalue weighted by Crippen LogP contribution is 2.40. The molecule has 0 saturated heterocycles. The van der Waals surface area contributed by atoms with E-state index in [2.05, 4.69) is 0 Å². The van der Waals surface area contributed by atoms with Gasteiger partial charge in [-0.3, -0.25) is 0 Å². The number of phenolic OH excluding ortho intramolecular Hbond substituents is 1. The summed E-state index contributed by atoms with van der Waals surface area (Å²) >= 11 is 0. The Hall–Kier alpha value is -1.80. The van der Waals surface area contributed by atoms with E-state index < -0.39 is 15.1 Å². The van der Waals surface area contributed by atoms with Crippen molar-refractivity contribution in [1.29, 1.82) is 5.26 Å². The van der Waals surface area contributed by atoms with Crippen molar-refractivity contribution in [2.24, 2.45) is 0 Å². The predicted octanol–water partition coefficient (Wildman–Crippen LogP) is 5.99. The van der Waals surface area contributed by atoms with Crippen molar-refractivity contribution in [3.63, 3.8) is 0 Å². The number of rotatable bonds is 3. The molecule has 1 saturated carbocycles. The first-order chi connectivity index (χ1) is 13.3. The molecule has 0 unspecified atom stereocenters. The minimum absolute atomic E-state index is 0.171. The van der Waals surface area contributed by atoms with Gasteiger partial charge in [-0.2, -0.15) is 5.26 Å². The van der Waals surface area contributed by atoms with Crippen LogP contribution in [0.4, 0.5) is 0 Å². The van der Waals surface area contributed by atoms with Crippen molar-refractivity contribution in [3.05, 3.63) is 33.7 Å². The molecular weight excluding hydrogens is 382 g/mol. The van der Waals surface area contributed by atoms with Gasteiger partial charge in [-0.1, -0.05) is 67.2 Å². The predicted molar refractivity (Wildman–Crippen MR) is 120 cm³/mol. The van der Waals surface area contributed by atoms with Gasteiger partial charge in [0, 0.05) is 11.1 Å². The third-order valence-electron chi connectivity index (χ3n) is 5.70. The van der Waals surface area contributed by atoms with E-state index in [1.54, 1.807) is 0 Å². The van der Waals surface area contributed by atoms with Gasteiger partial charge in [-0.05, 0) is 47.4 Å². The summed E-state index contributed by atoms with van der Waals surface area (Å²) in [5.74, 6) is 0.243. The van der Waals surface area contributed by atoms with Gasteiger partial charge >= 0.3 is 0 Å². The summed E-state index contributed by atoms with van der Waals surface area (Å²) in [6.07, 6.45) is 6.63. The molecule has 4 nitrogen and oxygen atoms in total. The molecule has 0 heterocycles. The number of benzene rings is 1. The molecule has 1 aliphatic carbocycles. The van der Waals surface area contributed by atoms with E-state index in [4.69, 9.17) is 0 Å². The molecule has 0 spiro atoms. The molecule has 2 rings (SSSR count). The normalized spacial score (nSPS) is 17.6. The van der Waals surface area contributed by atoms with E-state index in [1.165, 1.54) is 6.08 Å². The maximum Gasteiger partial charge on any atom is 0.191 e. The molecule has 1 fully saturated rings. The number of nitrogens with zero attached hydrogens (tertiary/aromatic N) is 1. The summed E-state index contributed by atoms with van der Waals surface area (Å²) in [5.41, 5.74) is 1.51. The van der Waals surface area contributed by atoms with Crippen LogP contribution >= 0.6 is 0 Å². The Morgan fingerprint density at radius 2 is 1.45 bits per heavy atom. The molecule has 1 N–H and O–H groups in total. The van der Waals surface area contributed by atoms with Gasteiger partial charge in [-0.25, -0.2) is 8.42 Å². The highest BCUT2D eigenvalue weighted by Gasteiger charge is 2.31. The third-order valence-corrected chi connectivity index (χ3v) is 7.88. The van der Waals surface area contributed by atoms with Crippen LogP contribution in [0.1, 0.15) is 96.8 Å². The van der Waals surface area contributed by atoms with Gasteiger partial charge in [0.15, 0.2) is 9.84 Å². The standard InChI is InChI=1S/C24H35NO3S/c1-23(2,3)20-14-17(15-21(22(20)26)24(4,5)6)13-19(16-25)29(27,28)18-11-9-7-8-10-12-18/h13-15,18,26H,7-12H2,1-6H3/b19-13+. The highest BCUT2D eigenvalue weighted by atomic mass is 32.2. The van der Waals surface area contributed by atoms with Crippen LogP contribution in [-0.4, -0.2) is 18.8 Å². The van der Waals surface area contributed by atoms with Crippen LogP contribution in [0.5, 0.6) is 5.75 Å². The fourth-order valence-electron chi connectivity index (χ4n) is 3.94. The number of sulfone groups is 1. The lowest BCUT2D eigenvalue weighted by atomic mass is 9.78. The molecule has 1 aromatic carbocycles. The van der Waals surface area contributed by atoms with Gasteiger partial charge in [0.1, 0.15) is 16.7 Å². The van der Waals surface area contributed by atoms with Crippen molar-refractivity contribution >= 4 is 15.9 Å². The first-order valence-electron chi connectivity index (χ1n) is 10.5. The van der Waals surface area contributed by atoms with Crippen molar-refractivity contribution in [2.45, 2.75) is 96.1 Å². The van der Waals surface area contributed by atoms with Gasteiger partial charge in [-0.15, -0.1) is 0 Å². The van der Waals surface area contributed by atoms with Crippen LogP contribution in [0.15, 0.2) is 17.0 Å². The molecule has 0 atom stereocenters. The molecule has 1 aliphatic rings. The van der Waals surface area contributed by atoms with Crippen molar-refractivity contribution in [3.8, 4) is 11.8 Å². The number of hydrogen-bond acceptors (Lipinski definition) is 4. The lowest BCUT2D eigenvalue weighted by molar-refractivity contribution is 0.423. The highest BCUT2D eigenvalue weighted by molar-refractivity contribution is 7.96. The van der Waals surface area contributed by atoms with Crippen molar-refractivity contribution in [2.75, 3.05) is 0 Å². The maximum absolute atomic E-state index is 13.2. The zero-order valence-corrected chi connectivity index (χ0v) is 19.5. The Labute approximate surface area is 176 Å². The minimum atomic E-state index is -3.66. The van der Waals surface area contributed by atoms with Crippen LogP contribution in [-0.2, 0) is 20.7 Å². The molecule has 0 amide bonds. The van der Waals surface area contributed by atoms with Crippen LogP contribution in [0.25, 0.3) is 6.08 Å². The van der Waals surface area contributed by atoms with E-state index in [9.17, 15) is 18.8 Å². The van der Waals surface area contributed by atoms with Gasteiger partial charge in [0.05, 0.1) is 5.25 Å². The van der Waals surface area contributed by atoms with E-state index >= 15 is 0 Å². The van der Waals surface area contributed by atoms with E-state index in [0.717, 1.165) is 36.8 Å². The Bertz CT molecular complexity index is 879. The summed E-state index contributed by atoms with van der Waals surface area (Å²) in [5, 5.41) is 20.1. The first-order valence-corrected chi connectivity index (χ1v) is 12.1. The lowest BCUT2D eigenvalue weighted by Crippen LogP contribution is -2.22. The van der Waals surface area contributed by atoms with Crippen molar-refractivity contribution in [1.82, 2.24) is 0 Å². The number of aromatic hydroxyl groups is 1. The summed E-state index contributed by atoms with van der Waals surface area (Å²) in [4.78, 5) is -0.171.